The molecule has 7 heteroatoms. The topological polar surface area (TPSA) is 73.1 Å². The van der Waals surface area contributed by atoms with E-state index in [4.69, 9.17) is 10.5 Å². The van der Waals surface area contributed by atoms with E-state index in [-0.39, 0.29) is 6.10 Å². The lowest BCUT2D eigenvalue weighted by Crippen LogP contribution is -2.10. The summed E-state index contributed by atoms with van der Waals surface area (Å²) < 4.78 is 9.79. The highest BCUT2D eigenvalue weighted by Crippen LogP contribution is 2.35. The SMILES string of the molecule is Cc1csc(CCNc2snc(N)c2OC(C)C)n1. The van der Waals surface area contributed by atoms with Gasteiger partial charge >= 0.3 is 0 Å². The zero-order valence-electron chi connectivity index (χ0n) is 11.3. The summed E-state index contributed by atoms with van der Waals surface area (Å²) in [7, 11) is 0. The zero-order chi connectivity index (χ0) is 13.8. The van der Waals surface area contributed by atoms with E-state index in [1.165, 1.54) is 11.5 Å². The van der Waals surface area contributed by atoms with Gasteiger partial charge in [0.25, 0.3) is 0 Å². The van der Waals surface area contributed by atoms with Crippen molar-refractivity contribution in [1.29, 1.82) is 0 Å². The minimum atomic E-state index is 0.0841. The van der Waals surface area contributed by atoms with Gasteiger partial charge in [0.15, 0.2) is 16.6 Å². The van der Waals surface area contributed by atoms with Crippen molar-refractivity contribution < 1.29 is 4.74 Å². The average Bonchev–Trinajstić information content (AvgIpc) is 2.89. The number of nitrogen functional groups attached to an aromatic ring is 1. The van der Waals surface area contributed by atoms with Gasteiger partial charge in [-0.1, -0.05) is 0 Å². The average molecular weight is 298 g/mol. The van der Waals surface area contributed by atoms with Gasteiger partial charge in [0, 0.05) is 24.0 Å². The molecule has 0 saturated heterocycles. The van der Waals surface area contributed by atoms with Crippen molar-refractivity contribution >= 4 is 33.7 Å². The highest BCUT2D eigenvalue weighted by atomic mass is 32.1. The van der Waals surface area contributed by atoms with E-state index < -0.39 is 0 Å². The van der Waals surface area contributed by atoms with Crippen LogP contribution in [0.4, 0.5) is 10.8 Å². The predicted octanol–water partition coefficient (Wildman–Crippen LogP) is 2.93. The van der Waals surface area contributed by atoms with E-state index in [9.17, 15) is 0 Å². The molecular weight excluding hydrogens is 280 g/mol. The van der Waals surface area contributed by atoms with Crippen LogP contribution in [0, 0.1) is 6.92 Å². The summed E-state index contributed by atoms with van der Waals surface area (Å²) in [5.74, 6) is 1.11. The van der Waals surface area contributed by atoms with E-state index in [0.29, 0.717) is 11.6 Å². The van der Waals surface area contributed by atoms with Crippen molar-refractivity contribution in [3.05, 3.63) is 16.1 Å². The molecule has 2 aromatic rings. The molecule has 0 fully saturated rings. The molecule has 0 spiro atoms. The summed E-state index contributed by atoms with van der Waals surface area (Å²) in [5, 5.41) is 7.40. The maximum absolute atomic E-state index is 5.80. The van der Waals surface area contributed by atoms with Crippen LogP contribution < -0.4 is 15.8 Å². The second-order valence-corrected chi connectivity index (χ2v) is 6.17. The Labute approximate surface area is 121 Å². The molecule has 0 saturated carbocycles. The zero-order valence-corrected chi connectivity index (χ0v) is 12.9. The Morgan fingerprint density at radius 3 is 2.89 bits per heavy atom. The first-order valence-corrected chi connectivity index (χ1v) is 7.78. The van der Waals surface area contributed by atoms with Crippen LogP contribution in [0.3, 0.4) is 0 Å². The van der Waals surface area contributed by atoms with Gasteiger partial charge in [-0.25, -0.2) is 4.98 Å². The number of nitrogens with one attached hydrogen (secondary N) is 1. The highest BCUT2D eigenvalue weighted by molar-refractivity contribution is 7.11. The van der Waals surface area contributed by atoms with Crippen molar-refractivity contribution in [2.24, 2.45) is 0 Å². The summed E-state index contributed by atoms with van der Waals surface area (Å²) in [5.41, 5.74) is 6.87. The van der Waals surface area contributed by atoms with Gasteiger partial charge in [0.1, 0.15) is 0 Å². The first-order valence-electron chi connectivity index (χ1n) is 6.13. The van der Waals surface area contributed by atoms with Crippen LogP contribution in [0.15, 0.2) is 5.38 Å². The van der Waals surface area contributed by atoms with Crippen molar-refractivity contribution in [1.82, 2.24) is 9.36 Å². The van der Waals surface area contributed by atoms with Gasteiger partial charge in [-0.3, -0.25) is 0 Å². The fourth-order valence-electron chi connectivity index (χ4n) is 1.56. The van der Waals surface area contributed by atoms with E-state index in [1.807, 2.05) is 20.8 Å². The van der Waals surface area contributed by atoms with Gasteiger partial charge in [-0.05, 0) is 32.3 Å². The van der Waals surface area contributed by atoms with Crippen LogP contribution in [0.2, 0.25) is 0 Å². The molecule has 104 valence electrons. The Hall–Kier alpha value is -1.34. The number of ether oxygens (including phenoxy) is 1. The van der Waals surface area contributed by atoms with E-state index in [2.05, 4.69) is 20.1 Å². The van der Waals surface area contributed by atoms with Crippen LogP contribution >= 0.6 is 22.9 Å². The summed E-state index contributed by atoms with van der Waals surface area (Å²) in [6, 6.07) is 0. The number of hydrogen-bond acceptors (Lipinski definition) is 7. The lowest BCUT2D eigenvalue weighted by Gasteiger charge is -2.11. The smallest absolute Gasteiger partial charge is 0.197 e. The van der Waals surface area contributed by atoms with E-state index in [1.54, 1.807) is 11.3 Å². The fourth-order valence-corrected chi connectivity index (χ4v) is 3.01. The lowest BCUT2D eigenvalue weighted by atomic mass is 10.4. The van der Waals surface area contributed by atoms with Crippen molar-refractivity contribution in [2.45, 2.75) is 33.3 Å². The van der Waals surface area contributed by atoms with Gasteiger partial charge in [0.2, 0.25) is 0 Å². The second kappa shape index (κ2) is 6.21. The lowest BCUT2D eigenvalue weighted by molar-refractivity contribution is 0.245. The Kier molecular flexibility index (Phi) is 4.60. The monoisotopic (exact) mass is 298 g/mol. The van der Waals surface area contributed by atoms with Gasteiger partial charge in [-0.2, -0.15) is 4.37 Å². The molecule has 0 aliphatic carbocycles. The highest BCUT2D eigenvalue weighted by Gasteiger charge is 2.14. The molecule has 0 aromatic carbocycles. The summed E-state index contributed by atoms with van der Waals surface area (Å²) in [4.78, 5) is 4.43. The molecule has 3 N–H and O–H groups in total. The molecule has 2 aromatic heterocycles. The molecule has 19 heavy (non-hydrogen) atoms. The van der Waals surface area contributed by atoms with Gasteiger partial charge < -0.3 is 15.8 Å². The number of rotatable bonds is 6. The number of aromatic nitrogens is 2. The van der Waals surface area contributed by atoms with Crippen LogP contribution in [-0.4, -0.2) is 22.0 Å². The van der Waals surface area contributed by atoms with E-state index >= 15 is 0 Å². The molecule has 0 unspecified atom stereocenters. The summed E-state index contributed by atoms with van der Waals surface area (Å²) >= 11 is 3.02. The maximum atomic E-state index is 5.80. The number of hydrogen-bond donors (Lipinski definition) is 2. The first kappa shape index (κ1) is 14.1. The Bertz CT molecular complexity index is 536. The van der Waals surface area contributed by atoms with E-state index in [0.717, 1.165) is 28.7 Å². The standard InChI is InChI=1S/C12H18N4OS2/c1-7(2)17-10-11(13)16-19-12(10)14-5-4-9-15-8(3)6-18-9/h6-7,14H,4-5H2,1-3H3,(H2,13,16). The molecule has 2 heterocycles. The minimum absolute atomic E-state index is 0.0841. The van der Waals surface area contributed by atoms with Crippen molar-refractivity contribution in [3.8, 4) is 5.75 Å². The number of nitrogens with two attached hydrogens (primary N) is 1. The Morgan fingerprint density at radius 1 is 1.47 bits per heavy atom. The Morgan fingerprint density at radius 2 is 2.26 bits per heavy atom. The Balaban J connectivity index is 1.92. The van der Waals surface area contributed by atoms with Crippen LogP contribution in [0.5, 0.6) is 5.75 Å². The van der Waals surface area contributed by atoms with Crippen LogP contribution in [0.25, 0.3) is 0 Å². The second-order valence-electron chi connectivity index (χ2n) is 4.45. The molecule has 0 aliphatic heterocycles. The number of thiazole rings is 1. The molecule has 2 rings (SSSR count). The largest absolute Gasteiger partial charge is 0.484 e. The number of anilines is 2. The van der Waals surface area contributed by atoms with Crippen LogP contribution in [-0.2, 0) is 6.42 Å². The number of nitrogens with zero attached hydrogens (tertiary/aromatic N) is 2. The third-order valence-electron chi connectivity index (χ3n) is 2.32. The molecule has 0 radical (unpaired) electrons. The molecular formula is C12H18N4OS2. The van der Waals surface area contributed by atoms with Crippen LogP contribution in [0.1, 0.15) is 24.5 Å². The predicted molar refractivity (Wildman–Crippen MR) is 81.3 cm³/mol. The normalized spacial score (nSPS) is 10.9. The number of aryl methyl sites for hydroxylation is 1. The summed E-state index contributed by atoms with van der Waals surface area (Å²) in [6.07, 6.45) is 0.970. The molecule has 0 aliphatic rings. The fraction of sp³-hybridized carbons (Fsp3) is 0.500. The van der Waals surface area contributed by atoms with Crippen molar-refractivity contribution in [3.63, 3.8) is 0 Å². The minimum Gasteiger partial charge on any atom is -0.484 e. The quantitative estimate of drug-likeness (QED) is 0.858. The molecule has 5 nitrogen and oxygen atoms in total. The van der Waals surface area contributed by atoms with Gasteiger partial charge in [-0.15, -0.1) is 11.3 Å². The third-order valence-corrected chi connectivity index (χ3v) is 4.15. The molecule has 0 atom stereocenters. The third kappa shape index (κ3) is 3.81. The summed E-state index contributed by atoms with van der Waals surface area (Å²) in [6.45, 7) is 6.74. The molecule has 0 amide bonds. The maximum Gasteiger partial charge on any atom is 0.197 e. The van der Waals surface area contributed by atoms with Gasteiger partial charge in [0.05, 0.1) is 11.1 Å². The first-order chi connectivity index (χ1) is 9.06. The van der Waals surface area contributed by atoms with Crippen molar-refractivity contribution in [2.75, 3.05) is 17.6 Å². The molecule has 0 bridgehead atoms.